The third-order valence-electron chi connectivity index (χ3n) is 2.88. The van der Waals surface area contributed by atoms with Crippen LogP contribution in [0.25, 0.3) is 11.0 Å². The first kappa shape index (κ1) is 14.5. The molecule has 2 aromatic heterocycles. The van der Waals surface area contributed by atoms with Gasteiger partial charge in [-0.05, 0) is 19.9 Å². The molecule has 2 heterocycles. The number of halogens is 2. The lowest BCUT2D eigenvalue weighted by Gasteiger charge is -2.15. The Balaban J connectivity index is 2.95. The molecule has 106 valence electrons. The van der Waals surface area contributed by atoms with Crippen LogP contribution >= 0.6 is 11.6 Å². The van der Waals surface area contributed by atoms with Crippen LogP contribution in [0.5, 0.6) is 0 Å². The van der Waals surface area contributed by atoms with Gasteiger partial charge in [0.1, 0.15) is 11.2 Å². The number of aromatic nitrogens is 2. The maximum atomic E-state index is 13.5. The number of fused-ring (bicyclic) bond motifs is 1. The van der Waals surface area contributed by atoms with Gasteiger partial charge in [-0.25, -0.2) is 14.2 Å². The Bertz CT molecular complexity index is 755. The van der Waals surface area contributed by atoms with E-state index >= 15 is 0 Å². The minimum absolute atomic E-state index is 0.0106. The van der Waals surface area contributed by atoms with Gasteiger partial charge in [0.15, 0.2) is 11.0 Å². The largest absolute Gasteiger partial charge is 0.465 e. The summed E-state index contributed by atoms with van der Waals surface area (Å²) >= 11 is 5.65. The van der Waals surface area contributed by atoms with Crippen molar-refractivity contribution in [1.82, 2.24) is 9.55 Å². The van der Waals surface area contributed by atoms with Gasteiger partial charge < -0.3 is 9.30 Å². The SMILES string of the molecule is COC(=O)c1cn(C(C)C)c2nc(Cl)c(F)cc2c1=O. The molecule has 0 aromatic carbocycles. The van der Waals surface area contributed by atoms with Crippen molar-refractivity contribution >= 4 is 28.6 Å². The summed E-state index contributed by atoms with van der Waals surface area (Å²) in [4.78, 5) is 27.7. The summed E-state index contributed by atoms with van der Waals surface area (Å²) in [6.45, 7) is 3.67. The smallest absolute Gasteiger partial charge is 0.343 e. The van der Waals surface area contributed by atoms with Crippen molar-refractivity contribution in [1.29, 1.82) is 0 Å². The van der Waals surface area contributed by atoms with Crippen LogP contribution in [0.4, 0.5) is 4.39 Å². The van der Waals surface area contributed by atoms with E-state index in [2.05, 4.69) is 9.72 Å². The molecule has 0 radical (unpaired) electrons. The summed E-state index contributed by atoms with van der Waals surface area (Å²) < 4.78 is 19.7. The van der Waals surface area contributed by atoms with E-state index in [-0.39, 0.29) is 27.8 Å². The number of ether oxygens (including phenoxy) is 1. The van der Waals surface area contributed by atoms with Crippen LogP contribution in [-0.4, -0.2) is 22.6 Å². The zero-order valence-corrected chi connectivity index (χ0v) is 11.9. The molecule has 0 spiro atoms. The van der Waals surface area contributed by atoms with E-state index in [0.717, 1.165) is 6.07 Å². The predicted octanol–water partition coefficient (Wildman–Crippen LogP) is 2.56. The molecule has 0 saturated heterocycles. The number of nitrogens with zero attached hydrogens (tertiary/aromatic N) is 2. The number of rotatable bonds is 2. The van der Waals surface area contributed by atoms with E-state index in [9.17, 15) is 14.0 Å². The average molecular weight is 299 g/mol. The molecule has 0 unspecified atom stereocenters. The van der Waals surface area contributed by atoms with Gasteiger partial charge in [-0.1, -0.05) is 11.6 Å². The first-order valence-electron chi connectivity index (χ1n) is 5.86. The second kappa shape index (κ2) is 5.20. The maximum absolute atomic E-state index is 13.5. The topological polar surface area (TPSA) is 61.2 Å². The van der Waals surface area contributed by atoms with Crippen molar-refractivity contribution in [2.24, 2.45) is 0 Å². The summed E-state index contributed by atoms with van der Waals surface area (Å²) in [5.74, 6) is -1.59. The molecule has 20 heavy (non-hydrogen) atoms. The van der Waals surface area contributed by atoms with E-state index in [0.29, 0.717) is 0 Å². The first-order valence-corrected chi connectivity index (χ1v) is 6.23. The van der Waals surface area contributed by atoms with Crippen molar-refractivity contribution < 1.29 is 13.9 Å². The van der Waals surface area contributed by atoms with Gasteiger partial charge in [-0.15, -0.1) is 0 Å². The molecular formula is C13H12ClFN2O3. The van der Waals surface area contributed by atoms with Crippen LogP contribution in [-0.2, 0) is 4.74 Å². The Morgan fingerprint density at radius 3 is 2.70 bits per heavy atom. The summed E-state index contributed by atoms with van der Waals surface area (Å²) in [6.07, 6.45) is 1.35. The molecular weight excluding hydrogens is 287 g/mol. The number of hydrogen-bond donors (Lipinski definition) is 0. The molecule has 0 atom stereocenters. The van der Waals surface area contributed by atoms with Crippen LogP contribution in [0.3, 0.4) is 0 Å². The van der Waals surface area contributed by atoms with Gasteiger partial charge in [-0.2, -0.15) is 0 Å². The summed E-state index contributed by atoms with van der Waals surface area (Å²) in [7, 11) is 1.17. The Morgan fingerprint density at radius 1 is 1.50 bits per heavy atom. The Labute approximate surface area is 118 Å². The molecule has 7 heteroatoms. The normalized spacial score (nSPS) is 11.1. The van der Waals surface area contributed by atoms with E-state index < -0.39 is 17.2 Å². The molecule has 0 fully saturated rings. The highest BCUT2D eigenvalue weighted by molar-refractivity contribution is 6.29. The van der Waals surface area contributed by atoms with Gasteiger partial charge in [0.2, 0.25) is 5.43 Å². The number of pyridine rings is 2. The van der Waals surface area contributed by atoms with Crippen LogP contribution in [0.15, 0.2) is 17.1 Å². The Morgan fingerprint density at radius 2 is 2.15 bits per heavy atom. The Hall–Kier alpha value is -1.95. The third kappa shape index (κ3) is 2.27. The molecule has 0 aliphatic carbocycles. The highest BCUT2D eigenvalue weighted by atomic mass is 35.5. The third-order valence-corrected chi connectivity index (χ3v) is 3.14. The quantitative estimate of drug-likeness (QED) is 0.631. The number of hydrogen-bond acceptors (Lipinski definition) is 4. The number of carbonyl (C=O) groups excluding carboxylic acids is 1. The van der Waals surface area contributed by atoms with Gasteiger partial charge in [0.25, 0.3) is 0 Å². The van der Waals surface area contributed by atoms with Gasteiger partial charge >= 0.3 is 5.97 Å². The molecule has 0 amide bonds. The second-order valence-corrected chi connectivity index (χ2v) is 4.85. The minimum Gasteiger partial charge on any atom is -0.465 e. The zero-order valence-electron chi connectivity index (χ0n) is 11.1. The van der Waals surface area contributed by atoms with E-state index in [1.165, 1.54) is 13.3 Å². The summed E-state index contributed by atoms with van der Waals surface area (Å²) in [6, 6.07) is 0.883. The second-order valence-electron chi connectivity index (χ2n) is 4.50. The maximum Gasteiger partial charge on any atom is 0.343 e. The number of esters is 1. The fourth-order valence-corrected chi connectivity index (χ4v) is 2.01. The lowest BCUT2D eigenvalue weighted by Crippen LogP contribution is -2.21. The fourth-order valence-electron chi connectivity index (χ4n) is 1.87. The molecule has 0 N–H and O–H groups in total. The van der Waals surface area contributed by atoms with Crippen molar-refractivity contribution in [2.75, 3.05) is 7.11 Å². The van der Waals surface area contributed by atoms with Gasteiger partial charge in [0.05, 0.1) is 12.5 Å². The molecule has 0 aliphatic rings. The molecule has 5 nitrogen and oxygen atoms in total. The van der Waals surface area contributed by atoms with E-state index in [1.807, 2.05) is 13.8 Å². The van der Waals surface area contributed by atoms with Crippen LogP contribution in [0.2, 0.25) is 5.15 Å². The average Bonchev–Trinajstić information content (AvgIpc) is 2.40. The molecule has 2 aromatic rings. The number of carbonyl (C=O) groups is 1. The minimum atomic E-state index is -0.811. The van der Waals surface area contributed by atoms with Crippen LogP contribution < -0.4 is 5.43 Å². The Kier molecular flexibility index (Phi) is 3.76. The highest BCUT2D eigenvalue weighted by Gasteiger charge is 2.19. The van der Waals surface area contributed by atoms with Gasteiger partial charge in [0, 0.05) is 12.2 Å². The fraction of sp³-hybridized carbons (Fsp3) is 0.308. The monoisotopic (exact) mass is 298 g/mol. The standard InChI is InChI=1S/C13H12ClFN2O3/c1-6(2)17-5-8(13(19)20-3)10(18)7-4-9(15)11(14)16-12(7)17/h4-6H,1-3H3. The summed E-state index contributed by atoms with van der Waals surface area (Å²) in [5, 5.41) is -0.333. The summed E-state index contributed by atoms with van der Waals surface area (Å²) in [5.41, 5.74) is -0.576. The van der Waals surface area contributed by atoms with Crippen molar-refractivity contribution in [3.63, 3.8) is 0 Å². The van der Waals surface area contributed by atoms with Crippen LogP contribution in [0.1, 0.15) is 30.2 Å². The lowest BCUT2D eigenvalue weighted by atomic mass is 10.1. The van der Waals surface area contributed by atoms with Crippen molar-refractivity contribution in [3.8, 4) is 0 Å². The van der Waals surface area contributed by atoms with E-state index in [1.54, 1.807) is 4.57 Å². The predicted molar refractivity (Wildman–Crippen MR) is 72.7 cm³/mol. The van der Waals surface area contributed by atoms with Crippen molar-refractivity contribution in [2.45, 2.75) is 19.9 Å². The molecule has 2 rings (SSSR count). The lowest BCUT2D eigenvalue weighted by molar-refractivity contribution is 0.0598. The molecule has 0 saturated carbocycles. The first-order chi connectivity index (χ1) is 9.36. The van der Waals surface area contributed by atoms with Gasteiger partial charge in [-0.3, -0.25) is 4.79 Å². The molecule has 0 bridgehead atoms. The van der Waals surface area contributed by atoms with Crippen LogP contribution in [0, 0.1) is 5.82 Å². The number of methoxy groups -OCH3 is 1. The van der Waals surface area contributed by atoms with Crippen molar-refractivity contribution in [3.05, 3.63) is 39.0 Å². The highest BCUT2D eigenvalue weighted by Crippen LogP contribution is 2.20. The van der Waals surface area contributed by atoms with E-state index in [4.69, 9.17) is 11.6 Å². The zero-order chi connectivity index (χ0) is 15.0. The molecule has 0 aliphatic heterocycles.